The van der Waals surface area contributed by atoms with Gasteiger partial charge in [0.15, 0.2) is 0 Å². The molecule has 0 radical (unpaired) electrons. The molecule has 1 aromatic carbocycles. The minimum Gasteiger partial charge on any atom is -0.399 e. The summed E-state index contributed by atoms with van der Waals surface area (Å²) in [7, 11) is 0. The number of hydrogen-bond donors (Lipinski definition) is 3. The molecule has 0 bridgehead atoms. The summed E-state index contributed by atoms with van der Waals surface area (Å²) in [4.78, 5) is 12.0. The number of carbonyl (C=O) groups excluding carboxylic acids is 1. The lowest BCUT2D eigenvalue weighted by Gasteiger charge is -2.31. The molecule has 1 aliphatic carbocycles. The SMILES string of the molecule is CC(C)CC1(CNC(=O)Nc2ccc(N)cc2)CCCC1. The Morgan fingerprint density at radius 2 is 1.86 bits per heavy atom. The number of nitrogens with one attached hydrogen (secondary N) is 2. The summed E-state index contributed by atoms with van der Waals surface area (Å²) < 4.78 is 0. The van der Waals surface area contributed by atoms with Crippen molar-refractivity contribution in [3.8, 4) is 0 Å². The van der Waals surface area contributed by atoms with Gasteiger partial charge in [0, 0.05) is 17.9 Å². The molecule has 1 fully saturated rings. The maximum Gasteiger partial charge on any atom is 0.319 e. The second-order valence-electron chi connectivity index (χ2n) is 6.73. The Labute approximate surface area is 127 Å². The highest BCUT2D eigenvalue weighted by atomic mass is 16.2. The highest BCUT2D eigenvalue weighted by molar-refractivity contribution is 5.89. The van der Waals surface area contributed by atoms with Gasteiger partial charge in [-0.2, -0.15) is 0 Å². The van der Waals surface area contributed by atoms with Crippen LogP contribution in [0.4, 0.5) is 16.2 Å². The van der Waals surface area contributed by atoms with E-state index >= 15 is 0 Å². The van der Waals surface area contributed by atoms with Crippen LogP contribution < -0.4 is 16.4 Å². The van der Waals surface area contributed by atoms with E-state index in [0.29, 0.717) is 17.0 Å². The second-order valence-corrected chi connectivity index (χ2v) is 6.73. The Morgan fingerprint density at radius 3 is 2.43 bits per heavy atom. The van der Waals surface area contributed by atoms with Gasteiger partial charge in [-0.1, -0.05) is 26.7 Å². The quantitative estimate of drug-likeness (QED) is 0.717. The van der Waals surface area contributed by atoms with Gasteiger partial charge in [-0.15, -0.1) is 0 Å². The molecule has 0 spiro atoms. The van der Waals surface area contributed by atoms with Crippen molar-refractivity contribution in [2.75, 3.05) is 17.6 Å². The Bertz CT molecular complexity index is 461. The topological polar surface area (TPSA) is 67.2 Å². The zero-order valence-electron chi connectivity index (χ0n) is 13.1. The molecule has 4 nitrogen and oxygen atoms in total. The van der Waals surface area contributed by atoms with E-state index < -0.39 is 0 Å². The zero-order valence-corrected chi connectivity index (χ0v) is 13.1. The van der Waals surface area contributed by atoms with Crippen molar-refractivity contribution in [1.82, 2.24) is 5.32 Å². The van der Waals surface area contributed by atoms with Crippen LogP contribution in [0.2, 0.25) is 0 Å². The molecule has 116 valence electrons. The van der Waals surface area contributed by atoms with Crippen molar-refractivity contribution in [1.29, 1.82) is 0 Å². The molecule has 1 saturated carbocycles. The summed E-state index contributed by atoms with van der Waals surface area (Å²) >= 11 is 0. The fourth-order valence-electron chi connectivity index (χ4n) is 3.45. The van der Waals surface area contributed by atoms with Crippen molar-refractivity contribution in [2.45, 2.75) is 46.0 Å². The van der Waals surface area contributed by atoms with Gasteiger partial charge in [0.1, 0.15) is 0 Å². The highest BCUT2D eigenvalue weighted by Gasteiger charge is 2.34. The first-order valence-corrected chi connectivity index (χ1v) is 7.89. The molecule has 0 unspecified atom stereocenters. The van der Waals surface area contributed by atoms with Gasteiger partial charge < -0.3 is 16.4 Å². The second kappa shape index (κ2) is 6.83. The van der Waals surface area contributed by atoms with E-state index in [1.807, 2.05) is 12.1 Å². The molecule has 21 heavy (non-hydrogen) atoms. The maximum atomic E-state index is 12.0. The lowest BCUT2D eigenvalue weighted by Crippen LogP contribution is -2.39. The van der Waals surface area contributed by atoms with E-state index in [0.717, 1.165) is 12.2 Å². The van der Waals surface area contributed by atoms with Gasteiger partial charge in [-0.25, -0.2) is 4.79 Å². The molecule has 4 heteroatoms. The lowest BCUT2D eigenvalue weighted by atomic mass is 9.78. The first kappa shape index (κ1) is 15.7. The first-order chi connectivity index (χ1) is 9.99. The predicted octanol–water partition coefficient (Wildman–Crippen LogP) is 4.00. The van der Waals surface area contributed by atoms with E-state index in [1.54, 1.807) is 12.1 Å². The number of amides is 2. The third kappa shape index (κ3) is 4.66. The molecular weight excluding hydrogens is 262 g/mol. The van der Waals surface area contributed by atoms with E-state index in [-0.39, 0.29) is 6.03 Å². The third-order valence-electron chi connectivity index (χ3n) is 4.30. The Balaban J connectivity index is 1.85. The van der Waals surface area contributed by atoms with Crippen LogP contribution in [0.15, 0.2) is 24.3 Å². The number of nitrogen functional groups attached to an aromatic ring is 1. The monoisotopic (exact) mass is 289 g/mol. The molecule has 0 aromatic heterocycles. The normalized spacial score (nSPS) is 16.9. The Hall–Kier alpha value is -1.71. The molecule has 1 aliphatic rings. The maximum absolute atomic E-state index is 12.0. The molecule has 2 amide bonds. The molecule has 0 heterocycles. The standard InChI is InChI=1S/C17H27N3O/c1-13(2)11-17(9-3-4-10-17)12-19-16(21)20-15-7-5-14(18)6-8-15/h5-8,13H,3-4,9-12,18H2,1-2H3,(H2,19,20,21). The summed E-state index contributed by atoms with van der Waals surface area (Å²) in [5.41, 5.74) is 7.40. The van der Waals surface area contributed by atoms with Crippen molar-refractivity contribution in [2.24, 2.45) is 11.3 Å². The zero-order chi connectivity index (χ0) is 15.3. The van der Waals surface area contributed by atoms with Gasteiger partial charge in [0.25, 0.3) is 0 Å². The number of hydrogen-bond acceptors (Lipinski definition) is 2. The molecule has 4 N–H and O–H groups in total. The van der Waals surface area contributed by atoms with Gasteiger partial charge in [0.2, 0.25) is 0 Å². The van der Waals surface area contributed by atoms with Crippen LogP contribution in [0.25, 0.3) is 0 Å². The van der Waals surface area contributed by atoms with Crippen LogP contribution in [-0.4, -0.2) is 12.6 Å². The van der Waals surface area contributed by atoms with E-state index in [2.05, 4.69) is 24.5 Å². The van der Waals surface area contributed by atoms with Crippen LogP contribution in [0.1, 0.15) is 46.0 Å². The van der Waals surface area contributed by atoms with Crippen LogP contribution in [-0.2, 0) is 0 Å². The fourth-order valence-corrected chi connectivity index (χ4v) is 3.45. The van der Waals surface area contributed by atoms with E-state index in [1.165, 1.54) is 32.1 Å². The molecule has 2 rings (SSSR count). The van der Waals surface area contributed by atoms with Crippen LogP contribution in [0.3, 0.4) is 0 Å². The van der Waals surface area contributed by atoms with Crippen molar-refractivity contribution < 1.29 is 4.79 Å². The van der Waals surface area contributed by atoms with Crippen LogP contribution in [0, 0.1) is 11.3 Å². The van der Waals surface area contributed by atoms with Crippen molar-refractivity contribution >= 4 is 17.4 Å². The van der Waals surface area contributed by atoms with Gasteiger partial charge in [-0.3, -0.25) is 0 Å². The number of rotatable bonds is 5. The number of nitrogens with two attached hydrogens (primary N) is 1. The summed E-state index contributed by atoms with van der Waals surface area (Å²) in [6.07, 6.45) is 6.22. The Morgan fingerprint density at radius 1 is 1.24 bits per heavy atom. The molecule has 0 saturated heterocycles. The first-order valence-electron chi connectivity index (χ1n) is 7.89. The number of carbonyl (C=O) groups is 1. The fraction of sp³-hybridized carbons (Fsp3) is 0.588. The average molecular weight is 289 g/mol. The predicted molar refractivity (Wildman–Crippen MR) is 88.2 cm³/mol. The Kier molecular flexibility index (Phi) is 5.10. The summed E-state index contributed by atoms with van der Waals surface area (Å²) in [6.45, 7) is 5.29. The minimum absolute atomic E-state index is 0.130. The van der Waals surface area contributed by atoms with Crippen molar-refractivity contribution in [3.05, 3.63) is 24.3 Å². The average Bonchev–Trinajstić information content (AvgIpc) is 2.87. The van der Waals surface area contributed by atoms with Crippen LogP contribution >= 0.6 is 0 Å². The molecule has 1 aromatic rings. The molecular formula is C17H27N3O. The number of anilines is 2. The minimum atomic E-state index is -0.130. The summed E-state index contributed by atoms with van der Waals surface area (Å²) in [5.74, 6) is 0.671. The third-order valence-corrected chi connectivity index (χ3v) is 4.30. The number of benzene rings is 1. The summed E-state index contributed by atoms with van der Waals surface area (Å²) in [6, 6.07) is 7.07. The lowest BCUT2D eigenvalue weighted by molar-refractivity contribution is 0.215. The summed E-state index contributed by atoms with van der Waals surface area (Å²) in [5, 5.41) is 5.91. The van der Waals surface area contributed by atoms with Gasteiger partial charge in [0.05, 0.1) is 0 Å². The molecule has 0 aliphatic heterocycles. The van der Waals surface area contributed by atoms with Crippen molar-refractivity contribution in [3.63, 3.8) is 0 Å². The highest BCUT2D eigenvalue weighted by Crippen LogP contribution is 2.42. The van der Waals surface area contributed by atoms with E-state index in [4.69, 9.17) is 5.73 Å². The van der Waals surface area contributed by atoms with Crippen LogP contribution in [0.5, 0.6) is 0 Å². The smallest absolute Gasteiger partial charge is 0.319 e. The number of urea groups is 1. The van der Waals surface area contributed by atoms with Gasteiger partial charge in [-0.05, 0) is 54.9 Å². The molecule has 0 atom stereocenters. The van der Waals surface area contributed by atoms with Gasteiger partial charge >= 0.3 is 6.03 Å². The van der Waals surface area contributed by atoms with E-state index in [9.17, 15) is 4.79 Å². The largest absolute Gasteiger partial charge is 0.399 e.